The molecule has 10 heteroatoms. The van der Waals surface area contributed by atoms with Crippen molar-refractivity contribution in [2.45, 2.75) is 19.1 Å². The van der Waals surface area contributed by atoms with E-state index >= 15 is 0 Å². The molecule has 6 nitrogen and oxygen atoms in total. The van der Waals surface area contributed by atoms with Gasteiger partial charge in [0.2, 0.25) is 11.7 Å². The van der Waals surface area contributed by atoms with Crippen molar-refractivity contribution in [2.75, 3.05) is 12.4 Å². The number of methoxy groups -OCH3 is 1. The Morgan fingerprint density at radius 1 is 1.21 bits per heavy atom. The van der Waals surface area contributed by atoms with E-state index in [1.54, 1.807) is 37.3 Å². The molecule has 1 N–H and O–H groups in total. The van der Waals surface area contributed by atoms with Gasteiger partial charge in [-0.2, -0.15) is 23.3 Å². The summed E-state index contributed by atoms with van der Waals surface area (Å²) in [5.74, 6) is -0.245. The van der Waals surface area contributed by atoms with Crippen LogP contribution < -0.4 is 10.1 Å². The highest BCUT2D eigenvalue weighted by Gasteiger charge is 2.46. The number of alkyl halides is 3. The molecule has 4 rings (SSSR count). The molecule has 0 radical (unpaired) electrons. The lowest BCUT2D eigenvalue weighted by Crippen LogP contribution is -2.35. The number of ketones is 1. The molecule has 0 fully saturated rings. The molecular weight excluding hydrogens is 405 g/mol. The van der Waals surface area contributed by atoms with Crippen molar-refractivity contribution in [1.82, 2.24) is 14.8 Å². The minimum absolute atomic E-state index is 0.0861. The summed E-state index contributed by atoms with van der Waals surface area (Å²) in [5, 5.41) is 6.32. The Bertz CT molecular complexity index is 1100. The summed E-state index contributed by atoms with van der Waals surface area (Å²) < 4.78 is 48.2. The molecule has 1 aromatic carbocycles. The lowest BCUT2D eigenvalue weighted by Gasteiger charge is -2.30. The maximum atomic E-state index is 13.9. The van der Waals surface area contributed by atoms with Crippen LogP contribution in [0.1, 0.15) is 26.2 Å². The fraction of sp³-hybridized carbons (Fsp3) is 0.211. The normalized spacial score (nSPS) is 16.4. The van der Waals surface area contributed by atoms with Crippen LogP contribution in [0.3, 0.4) is 0 Å². The number of ether oxygens (including phenoxy) is 1. The number of aromatic nitrogens is 3. The number of anilines is 1. The number of thiophene rings is 1. The number of allylic oxidation sites excluding steroid dienone is 2. The predicted molar refractivity (Wildman–Crippen MR) is 101 cm³/mol. The zero-order valence-electron chi connectivity index (χ0n) is 15.3. The summed E-state index contributed by atoms with van der Waals surface area (Å²) in [6.07, 6.45) is -3.63. The Kier molecular flexibility index (Phi) is 4.65. The molecule has 3 heterocycles. The van der Waals surface area contributed by atoms with Gasteiger partial charge < -0.3 is 10.1 Å². The number of hydrogen-bond acceptors (Lipinski definition) is 6. The highest BCUT2D eigenvalue weighted by molar-refractivity contribution is 7.14. The molecule has 3 aromatic rings. The highest BCUT2D eigenvalue weighted by atomic mass is 32.1. The van der Waals surface area contributed by atoms with Crippen LogP contribution in [0.5, 0.6) is 5.75 Å². The molecule has 29 heavy (non-hydrogen) atoms. The summed E-state index contributed by atoms with van der Waals surface area (Å²) in [5.41, 5.74) is -1.10. The van der Waals surface area contributed by atoms with Gasteiger partial charge in [0.25, 0.3) is 0 Å². The molecular formula is C19H15F3N4O2S. The quantitative estimate of drug-likeness (QED) is 0.635. The number of hydrogen-bond donors (Lipinski definition) is 1. The van der Waals surface area contributed by atoms with Crippen LogP contribution in [0, 0.1) is 6.92 Å². The van der Waals surface area contributed by atoms with E-state index < -0.39 is 29.3 Å². The van der Waals surface area contributed by atoms with E-state index in [-0.39, 0.29) is 10.8 Å². The molecule has 1 aliphatic heterocycles. The lowest BCUT2D eigenvalue weighted by atomic mass is 9.91. The lowest BCUT2D eigenvalue weighted by molar-refractivity contribution is -0.0918. The van der Waals surface area contributed by atoms with Crippen LogP contribution in [-0.2, 0) is 0 Å². The first-order chi connectivity index (χ1) is 13.8. The zero-order valence-corrected chi connectivity index (χ0v) is 16.1. The van der Waals surface area contributed by atoms with Crippen molar-refractivity contribution >= 4 is 23.1 Å². The van der Waals surface area contributed by atoms with Gasteiger partial charge in [0.1, 0.15) is 23.8 Å². The van der Waals surface area contributed by atoms with Crippen LogP contribution in [-0.4, -0.2) is 33.8 Å². The number of nitrogens with zero attached hydrogens (tertiary/aromatic N) is 3. The molecule has 0 spiro atoms. The first-order valence-electron chi connectivity index (χ1n) is 8.52. The second kappa shape index (κ2) is 7.03. The second-order valence-corrected chi connectivity index (χ2v) is 7.64. The van der Waals surface area contributed by atoms with E-state index in [0.717, 1.165) is 22.5 Å². The van der Waals surface area contributed by atoms with Crippen LogP contribution in [0.25, 0.3) is 0 Å². The molecule has 1 atom stereocenters. The first-order valence-corrected chi connectivity index (χ1v) is 9.34. The molecule has 0 bridgehead atoms. The van der Waals surface area contributed by atoms with Crippen molar-refractivity contribution in [3.8, 4) is 5.75 Å². The first kappa shape index (κ1) is 19.2. The average molecular weight is 420 g/mol. The number of halogens is 3. The topological polar surface area (TPSA) is 69.0 Å². The number of rotatable bonds is 4. The Hall–Kier alpha value is -3.14. The molecule has 2 aromatic heterocycles. The van der Waals surface area contributed by atoms with Crippen LogP contribution in [0.15, 0.2) is 54.0 Å². The fourth-order valence-electron chi connectivity index (χ4n) is 3.21. The third-order valence-corrected chi connectivity index (χ3v) is 5.52. The summed E-state index contributed by atoms with van der Waals surface area (Å²) in [6.45, 7) is 1.79. The van der Waals surface area contributed by atoms with Crippen molar-refractivity contribution < 1.29 is 22.7 Å². The standard InChI is InChI=1S/C19H15F3N4O2S/c1-10-3-8-13(29-10)16(27)14-15(11-4-6-12(28-2)7-5-11)26-18(23-9-24-26)25-17(14)19(20,21)22/h3-9,15H,1-2H3,(H,23,24,25)/t15-/m1/s1. The molecule has 150 valence electrons. The average Bonchev–Trinajstić information content (AvgIpc) is 3.34. The predicted octanol–water partition coefficient (Wildman–Crippen LogP) is 4.37. The second-order valence-electron chi connectivity index (χ2n) is 6.35. The minimum Gasteiger partial charge on any atom is -0.497 e. The van der Waals surface area contributed by atoms with Gasteiger partial charge in [-0.1, -0.05) is 12.1 Å². The Balaban J connectivity index is 1.94. The number of carbonyl (C=O) groups is 1. The monoisotopic (exact) mass is 420 g/mol. The van der Waals surface area contributed by atoms with E-state index in [9.17, 15) is 18.0 Å². The van der Waals surface area contributed by atoms with Gasteiger partial charge in [0, 0.05) is 4.88 Å². The van der Waals surface area contributed by atoms with Crippen molar-refractivity contribution in [3.05, 3.63) is 69.3 Å². The summed E-state index contributed by atoms with van der Waals surface area (Å²) in [7, 11) is 1.49. The third-order valence-electron chi connectivity index (χ3n) is 4.52. The van der Waals surface area contributed by atoms with Gasteiger partial charge in [-0.25, -0.2) is 4.68 Å². The number of nitrogens with one attached hydrogen (secondary N) is 1. The van der Waals surface area contributed by atoms with Crippen LogP contribution in [0.4, 0.5) is 19.1 Å². The number of Topliss-reactive ketones (excluding diaryl/α,β-unsaturated/α-hetero) is 1. The van der Waals surface area contributed by atoms with Crippen LogP contribution >= 0.6 is 11.3 Å². The van der Waals surface area contributed by atoms with E-state index in [1.165, 1.54) is 17.9 Å². The van der Waals surface area contributed by atoms with Gasteiger partial charge in [-0.15, -0.1) is 11.3 Å². The maximum Gasteiger partial charge on any atom is 0.431 e. The van der Waals surface area contributed by atoms with E-state index in [4.69, 9.17) is 4.74 Å². The molecule has 0 saturated heterocycles. The van der Waals surface area contributed by atoms with Gasteiger partial charge in [0.05, 0.1) is 17.6 Å². The number of benzene rings is 1. The zero-order chi connectivity index (χ0) is 20.8. The molecule has 0 saturated carbocycles. The number of fused-ring (bicyclic) bond motifs is 1. The maximum absolute atomic E-state index is 13.9. The van der Waals surface area contributed by atoms with Crippen molar-refractivity contribution in [1.29, 1.82) is 0 Å². The van der Waals surface area contributed by atoms with Crippen molar-refractivity contribution in [2.24, 2.45) is 0 Å². The highest BCUT2D eigenvalue weighted by Crippen LogP contribution is 2.42. The minimum atomic E-state index is -4.78. The van der Waals surface area contributed by atoms with E-state index in [0.29, 0.717) is 11.3 Å². The van der Waals surface area contributed by atoms with Gasteiger partial charge in [-0.3, -0.25) is 4.79 Å². The Labute approximate surface area is 167 Å². The molecule has 0 amide bonds. The van der Waals surface area contributed by atoms with E-state index in [2.05, 4.69) is 15.4 Å². The summed E-state index contributed by atoms with van der Waals surface area (Å²) >= 11 is 1.14. The van der Waals surface area contributed by atoms with Gasteiger partial charge in [-0.05, 0) is 36.8 Å². The SMILES string of the molecule is COc1ccc([C@@H]2C(C(=O)c3ccc(C)s3)=C(C(F)(F)F)Nc3ncnn32)cc1. The largest absolute Gasteiger partial charge is 0.497 e. The third kappa shape index (κ3) is 3.39. The number of carbonyl (C=O) groups excluding carboxylic acids is 1. The molecule has 1 aliphatic rings. The number of aryl methyl sites for hydroxylation is 1. The van der Waals surface area contributed by atoms with E-state index in [1.807, 2.05) is 0 Å². The summed E-state index contributed by atoms with van der Waals surface area (Å²) in [4.78, 5) is 18.2. The van der Waals surface area contributed by atoms with Gasteiger partial charge in [0.15, 0.2) is 0 Å². The summed E-state index contributed by atoms with van der Waals surface area (Å²) in [6, 6.07) is 8.61. The van der Waals surface area contributed by atoms with Crippen LogP contribution in [0.2, 0.25) is 0 Å². The Morgan fingerprint density at radius 2 is 1.93 bits per heavy atom. The molecule has 0 aliphatic carbocycles. The van der Waals surface area contributed by atoms with Crippen molar-refractivity contribution in [3.63, 3.8) is 0 Å². The molecule has 0 unspecified atom stereocenters. The fourth-order valence-corrected chi connectivity index (χ4v) is 4.03. The smallest absolute Gasteiger partial charge is 0.431 e. The Morgan fingerprint density at radius 3 is 2.52 bits per heavy atom. The van der Waals surface area contributed by atoms with Gasteiger partial charge >= 0.3 is 6.18 Å².